The number of rotatable bonds is 4. The van der Waals surface area contributed by atoms with Gasteiger partial charge in [-0.25, -0.2) is 4.79 Å². The fourth-order valence-corrected chi connectivity index (χ4v) is 1.63. The number of ether oxygens (including phenoxy) is 1. The molecule has 0 unspecified atom stereocenters. The summed E-state index contributed by atoms with van der Waals surface area (Å²) in [5, 5.41) is 9.00. The lowest BCUT2D eigenvalue weighted by molar-refractivity contribution is 0.0683. The molecule has 0 atom stereocenters. The van der Waals surface area contributed by atoms with Gasteiger partial charge in [0.05, 0.1) is 12.2 Å². The maximum atomic E-state index is 11.0. The first-order chi connectivity index (χ1) is 8.52. The zero-order valence-corrected chi connectivity index (χ0v) is 10.3. The van der Waals surface area contributed by atoms with Crippen molar-refractivity contribution in [2.24, 2.45) is 0 Å². The number of nitrogens with zero attached hydrogens (tertiary/aromatic N) is 1. The molecule has 0 saturated carbocycles. The van der Waals surface area contributed by atoms with Crippen molar-refractivity contribution in [3.05, 3.63) is 23.3 Å². The molecule has 0 saturated heterocycles. The van der Waals surface area contributed by atoms with Crippen LogP contribution in [0, 0.1) is 13.8 Å². The van der Waals surface area contributed by atoms with Crippen LogP contribution in [-0.4, -0.2) is 22.7 Å². The third-order valence-electron chi connectivity index (χ3n) is 2.35. The lowest BCUT2D eigenvalue weighted by Gasteiger charge is -1.96. The second-order valence-electron chi connectivity index (χ2n) is 3.72. The van der Waals surface area contributed by atoms with Gasteiger partial charge in [-0.3, -0.25) is 0 Å². The molecule has 0 amide bonds. The van der Waals surface area contributed by atoms with Gasteiger partial charge in [-0.1, -0.05) is 0 Å². The number of oxazole rings is 1. The van der Waals surface area contributed by atoms with Crippen molar-refractivity contribution < 1.29 is 23.5 Å². The van der Waals surface area contributed by atoms with Crippen LogP contribution >= 0.6 is 0 Å². The molecule has 0 bridgehead atoms. The predicted octanol–water partition coefficient (Wildman–Crippen LogP) is 2.65. The topological polar surface area (TPSA) is 85.7 Å². The van der Waals surface area contributed by atoms with Crippen molar-refractivity contribution in [1.29, 1.82) is 0 Å². The van der Waals surface area contributed by atoms with Gasteiger partial charge < -0.3 is 18.7 Å². The normalized spacial score (nSPS) is 10.6. The van der Waals surface area contributed by atoms with E-state index in [4.69, 9.17) is 18.7 Å². The van der Waals surface area contributed by atoms with Crippen LogP contribution in [0.1, 0.15) is 28.9 Å². The fourth-order valence-electron chi connectivity index (χ4n) is 1.63. The van der Waals surface area contributed by atoms with Crippen LogP contribution in [0.15, 0.2) is 14.9 Å². The van der Waals surface area contributed by atoms with Gasteiger partial charge in [-0.2, -0.15) is 4.98 Å². The molecule has 96 valence electrons. The van der Waals surface area contributed by atoms with Crippen LogP contribution in [0.5, 0.6) is 5.95 Å². The Morgan fingerprint density at radius 1 is 1.44 bits per heavy atom. The van der Waals surface area contributed by atoms with Crippen LogP contribution in [0.3, 0.4) is 0 Å². The lowest BCUT2D eigenvalue weighted by Crippen LogP contribution is -2.01. The van der Waals surface area contributed by atoms with Crippen molar-refractivity contribution >= 4 is 5.97 Å². The second kappa shape index (κ2) is 4.56. The highest BCUT2D eigenvalue weighted by atomic mass is 16.6. The van der Waals surface area contributed by atoms with Crippen molar-refractivity contribution in [2.45, 2.75) is 20.8 Å². The van der Waals surface area contributed by atoms with E-state index in [1.54, 1.807) is 26.8 Å². The monoisotopic (exact) mass is 251 g/mol. The Morgan fingerprint density at radius 3 is 2.67 bits per heavy atom. The van der Waals surface area contributed by atoms with E-state index in [2.05, 4.69) is 4.98 Å². The highest BCUT2D eigenvalue weighted by Crippen LogP contribution is 2.31. The van der Waals surface area contributed by atoms with Gasteiger partial charge in [-0.05, 0) is 26.8 Å². The highest BCUT2D eigenvalue weighted by Gasteiger charge is 2.23. The Bertz CT molecular complexity index is 581. The number of carboxylic acid groups (broad SMARTS) is 1. The molecule has 0 fully saturated rings. The second-order valence-corrected chi connectivity index (χ2v) is 3.72. The average Bonchev–Trinajstić information content (AvgIpc) is 2.83. The molecule has 1 N–H and O–H groups in total. The molecular formula is C12H13NO5. The first-order valence-corrected chi connectivity index (χ1v) is 5.47. The number of carbonyl (C=O) groups is 1. The Balaban J connectivity index is 2.49. The minimum Gasteiger partial charge on any atom is -0.476 e. The SMILES string of the molecule is CCOc1oc(-c2cc(C)oc2C)nc1C(=O)O. The van der Waals surface area contributed by atoms with E-state index in [1.807, 2.05) is 0 Å². The number of furan rings is 1. The molecular weight excluding hydrogens is 238 g/mol. The van der Waals surface area contributed by atoms with Crippen molar-refractivity contribution in [2.75, 3.05) is 6.61 Å². The molecule has 0 aliphatic heterocycles. The molecule has 0 aromatic carbocycles. The summed E-state index contributed by atoms with van der Waals surface area (Å²) in [6.07, 6.45) is 0. The van der Waals surface area contributed by atoms with Gasteiger partial charge >= 0.3 is 11.9 Å². The first kappa shape index (κ1) is 12.2. The number of aryl methyl sites for hydroxylation is 2. The van der Waals surface area contributed by atoms with Crippen molar-refractivity contribution in [3.63, 3.8) is 0 Å². The standard InChI is InChI=1S/C12H13NO5/c1-4-16-12-9(11(14)15)13-10(18-12)8-5-6(2)17-7(8)3/h5H,4H2,1-3H3,(H,14,15). The maximum absolute atomic E-state index is 11.0. The number of aromatic nitrogens is 1. The molecule has 2 rings (SSSR count). The van der Waals surface area contributed by atoms with Gasteiger partial charge in [0.15, 0.2) is 0 Å². The molecule has 2 aromatic heterocycles. The molecule has 0 aliphatic rings. The molecule has 0 radical (unpaired) electrons. The van der Waals surface area contributed by atoms with Crippen LogP contribution in [0.4, 0.5) is 0 Å². The third kappa shape index (κ3) is 2.09. The van der Waals surface area contributed by atoms with E-state index in [9.17, 15) is 4.79 Å². The van der Waals surface area contributed by atoms with E-state index >= 15 is 0 Å². The average molecular weight is 251 g/mol. The summed E-state index contributed by atoms with van der Waals surface area (Å²) < 4.78 is 15.8. The molecule has 18 heavy (non-hydrogen) atoms. The third-order valence-corrected chi connectivity index (χ3v) is 2.35. The van der Waals surface area contributed by atoms with Gasteiger partial charge in [0.1, 0.15) is 11.5 Å². The molecule has 2 aromatic rings. The van der Waals surface area contributed by atoms with E-state index < -0.39 is 5.97 Å². The van der Waals surface area contributed by atoms with Crippen LogP contribution in [0.25, 0.3) is 11.5 Å². The Kier molecular flexibility index (Phi) is 3.10. The van der Waals surface area contributed by atoms with Gasteiger partial charge in [-0.15, -0.1) is 0 Å². The minimum atomic E-state index is -1.19. The van der Waals surface area contributed by atoms with E-state index in [1.165, 1.54) is 0 Å². The summed E-state index contributed by atoms with van der Waals surface area (Å²) in [7, 11) is 0. The molecule has 6 nitrogen and oxygen atoms in total. The summed E-state index contributed by atoms with van der Waals surface area (Å²) >= 11 is 0. The largest absolute Gasteiger partial charge is 0.476 e. The molecule has 0 spiro atoms. The van der Waals surface area contributed by atoms with Gasteiger partial charge in [0.25, 0.3) is 0 Å². The molecule has 6 heteroatoms. The quantitative estimate of drug-likeness (QED) is 0.898. The smallest absolute Gasteiger partial charge is 0.362 e. The van der Waals surface area contributed by atoms with Crippen molar-refractivity contribution in [1.82, 2.24) is 4.98 Å². The van der Waals surface area contributed by atoms with Gasteiger partial charge in [0.2, 0.25) is 11.6 Å². The number of hydrogen-bond donors (Lipinski definition) is 1. The Hall–Kier alpha value is -2.24. The zero-order chi connectivity index (χ0) is 13.3. The number of carboxylic acids is 1. The summed E-state index contributed by atoms with van der Waals surface area (Å²) in [6, 6.07) is 1.74. The summed E-state index contributed by atoms with van der Waals surface area (Å²) in [6.45, 7) is 5.59. The van der Waals surface area contributed by atoms with Crippen molar-refractivity contribution in [3.8, 4) is 17.4 Å². The maximum Gasteiger partial charge on any atom is 0.362 e. The minimum absolute atomic E-state index is 0.0850. The van der Waals surface area contributed by atoms with Crippen LogP contribution in [-0.2, 0) is 0 Å². The lowest BCUT2D eigenvalue weighted by atomic mass is 10.2. The van der Waals surface area contributed by atoms with E-state index in [-0.39, 0.29) is 17.5 Å². The van der Waals surface area contributed by atoms with Crippen LogP contribution < -0.4 is 4.74 Å². The summed E-state index contributed by atoms with van der Waals surface area (Å²) in [5.41, 5.74) is 0.394. The van der Waals surface area contributed by atoms with E-state index in [0.29, 0.717) is 23.7 Å². The Labute approximate surface area is 103 Å². The van der Waals surface area contributed by atoms with E-state index in [0.717, 1.165) is 0 Å². The summed E-state index contributed by atoms with van der Waals surface area (Å²) in [5.74, 6) is 0.235. The first-order valence-electron chi connectivity index (χ1n) is 5.47. The predicted molar refractivity (Wildman–Crippen MR) is 61.8 cm³/mol. The Morgan fingerprint density at radius 2 is 2.17 bits per heavy atom. The van der Waals surface area contributed by atoms with Crippen LogP contribution in [0.2, 0.25) is 0 Å². The molecule has 2 heterocycles. The highest BCUT2D eigenvalue weighted by molar-refractivity contribution is 5.88. The summed E-state index contributed by atoms with van der Waals surface area (Å²) in [4.78, 5) is 14.9. The number of hydrogen-bond acceptors (Lipinski definition) is 5. The van der Waals surface area contributed by atoms with Gasteiger partial charge in [0, 0.05) is 0 Å². The zero-order valence-electron chi connectivity index (χ0n) is 10.3. The fraction of sp³-hybridized carbons (Fsp3) is 0.333. The molecule has 0 aliphatic carbocycles. The number of aromatic carboxylic acids is 1.